The normalized spacial score (nSPS) is 13.4. The van der Waals surface area contributed by atoms with Crippen molar-refractivity contribution in [3.05, 3.63) is 41.2 Å². The molecule has 1 aromatic carbocycles. The molecule has 0 bridgehead atoms. The van der Waals surface area contributed by atoms with Gasteiger partial charge in [0.15, 0.2) is 5.82 Å². The van der Waals surface area contributed by atoms with E-state index in [1.807, 2.05) is 6.92 Å². The third-order valence-corrected chi connectivity index (χ3v) is 3.03. The number of benzene rings is 1. The second-order valence-electron chi connectivity index (χ2n) is 4.59. The van der Waals surface area contributed by atoms with Gasteiger partial charge in [0.05, 0.1) is 12.6 Å². The molecule has 0 fully saturated rings. The van der Waals surface area contributed by atoms with Crippen LogP contribution in [0.25, 0.3) is 0 Å². The maximum absolute atomic E-state index is 13.1. The first-order valence-corrected chi connectivity index (χ1v) is 6.54. The van der Waals surface area contributed by atoms with E-state index in [4.69, 9.17) is 0 Å². The highest BCUT2D eigenvalue weighted by molar-refractivity contribution is 5.33. The second-order valence-corrected chi connectivity index (χ2v) is 4.59. The number of hydrogen-bond donors (Lipinski definition) is 1. The van der Waals surface area contributed by atoms with Crippen LogP contribution < -0.4 is 5.32 Å². The van der Waals surface area contributed by atoms with Gasteiger partial charge in [0.1, 0.15) is 0 Å². The Morgan fingerprint density at radius 1 is 1.29 bits per heavy atom. The van der Waals surface area contributed by atoms with Crippen LogP contribution in [-0.4, -0.2) is 26.8 Å². The summed E-state index contributed by atoms with van der Waals surface area (Å²) >= 11 is 0. The summed E-state index contributed by atoms with van der Waals surface area (Å²) in [5, 5.41) is 14.6. The second kappa shape index (κ2) is 6.21. The Kier molecular flexibility index (Phi) is 4.56. The van der Waals surface area contributed by atoms with Gasteiger partial charge in [-0.2, -0.15) is 18.0 Å². The summed E-state index contributed by atoms with van der Waals surface area (Å²) in [6.07, 6.45) is -4.14. The molecule has 0 aliphatic rings. The van der Waals surface area contributed by atoms with Crippen LogP contribution in [0.1, 0.15) is 29.9 Å². The quantitative estimate of drug-likeness (QED) is 0.919. The van der Waals surface area contributed by atoms with Gasteiger partial charge in [-0.25, -0.2) is 0 Å². The summed E-state index contributed by atoms with van der Waals surface area (Å²) < 4.78 is 39.3. The molecule has 8 heteroatoms. The van der Waals surface area contributed by atoms with Crippen molar-refractivity contribution in [1.29, 1.82) is 0 Å². The van der Waals surface area contributed by atoms with Crippen molar-refractivity contribution in [2.24, 2.45) is 7.05 Å². The molecular weight excluding hydrogens is 283 g/mol. The number of alkyl halides is 3. The molecule has 0 radical (unpaired) electrons. The summed E-state index contributed by atoms with van der Waals surface area (Å²) in [6.45, 7) is 2.38. The zero-order valence-electron chi connectivity index (χ0n) is 11.7. The Balaban J connectivity index is 2.34. The average molecular weight is 299 g/mol. The number of halogens is 3. The molecule has 1 unspecified atom stereocenters. The fourth-order valence-corrected chi connectivity index (χ4v) is 2.19. The van der Waals surface area contributed by atoms with Crippen molar-refractivity contribution in [3.63, 3.8) is 0 Å². The van der Waals surface area contributed by atoms with E-state index in [0.29, 0.717) is 12.4 Å². The van der Waals surface area contributed by atoms with Crippen LogP contribution in [0.15, 0.2) is 24.3 Å². The summed E-state index contributed by atoms with van der Waals surface area (Å²) in [5.74, 6) is 0.403. The number of rotatable bonds is 5. The van der Waals surface area contributed by atoms with Crippen LogP contribution in [0.3, 0.4) is 0 Å². The SMILES string of the molecule is CCNC(Cc1nnn(C)n1)c1ccccc1C(F)(F)F. The fraction of sp³-hybridized carbons (Fsp3) is 0.462. The molecule has 0 aliphatic heterocycles. The highest BCUT2D eigenvalue weighted by atomic mass is 19.4. The monoisotopic (exact) mass is 299 g/mol. The zero-order valence-corrected chi connectivity index (χ0v) is 11.7. The molecule has 21 heavy (non-hydrogen) atoms. The minimum absolute atomic E-state index is 0.194. The zero-order chi connectivity index (χ0) is 15.5. The van der Waals surface area contributed by atoms with Crippen LogP contribution in [-0.2, 0) is 19.6 Å². The molecule has 1 N–H and O–H groups in total. The third-order valence-electron chi connectivity index (χ3n) is 3.03. The van der Waals surface area contributed by atoms with E-state index in [2.05, 4.69) is 20.7 Å². The summed E-state index contributed by atoms with van der Waals surface area (Å²) in [4.78, 5) is 1.29. The molecule has 1 aromatic heterocycles. The minimum atomic E-state index is -4.39. The van der Waals surface area contributed by atoms with Gasteiger partial charge in [0.2, 0.25) is 0 Å². The average Bonchev–Trinajstić information content (AvgIpc) is 2.83. The van der Waals surface area contributed by atoms with Gasteiger partial charge < -0.3 is 5.32 Å². The summed E-state index contributed by atoms with van der Waals surface area (Å²) in [5.41, 5.74) is -0.445. The fourth-order valence-electron chi connectivity index (χ4n) is 2.19. The summed E-state index contributed by atoms with van der Waals surface area (Å²) in [7, 11) is 1.61. The van der Waals surface area contributed by atoms with Crippen molar-refractivity contribution in [2.75, 3.05) is 6.54 Å². The van der Waals surface area contributed by atoms with Crippen LogP contribution >= 0.6 is 0 Å². The van der Waals surface area contributed by atoms with E-state index in [0.717, 1.165) is 6.07 Å². The molecule has 0 spiro atoms. The first kappa shape index (κ1) is 15.4. The number of aryl methyl sites for hydroxylation is 1. The molecule has 2 rings (SSSR count). The predicted molar refractivity (Wildman–Crippen MR) is 70.4 cm³/mol. The van der Waals surface area contributed by atoms with Crippen molar-refractivity contribution >= 4 is 0 Å². The molecule has 0 amide bonds. The Labute approximate surface area is 120 Å². The Hall–Kier alpha value is -1.96. The van der Waals surface area contributed by atoms with Crippen LogP contribution in [0.4, 0.5) is 13.2 Å². The number of nitrogens with one attached hydrogen (secondary N) is 1. The van der Waals surface area contributed by atoms with E-state index in [9.17, 15) is 13.2 Å². The number of aromatic nitrogens is 4. The van der Waals surface area contributed by atoms with Gasteiger partial charge in [-0.3, -0.25) is 0 Å². The molecule has 114 valence electrons. The first-order chi connectivity index (χ1) is 9.91. The van der Waals surface area contributed by atoms with E-state index >= 15 is 0 Å². The smallest absolute Gasteiger partial charge is 0.310 e. The van der Waals surface area contributed by atoms with Gasteiger partial charge in [0.25, 0.3) is 0 Å². The number of tetrazole rings is 1. The van der Waals surface area contributed by atoms with Gasteiger partial charge in [-0.1, -0.05) is 25.1 Å². The standard InChI is InChI=1S/C13H16F3N5/c1-3-17-11(8-12-18-20-21(2)19-12)9-6-4-5-7-10(9)13(14,15)16/h4-7,11,17H,3,8H2,1-2H3. The van der Waals surface area contributed by atoms with Gasteiger partial charge in [-0.05, 0) is 23.4 Å². The van der Waals surface area contributed by atoms with Gasteiger partial charge in [-0.15, -0.1) is 10.2 Å². The van der Waals surface area contributed by atoms with Gasteiger partial charge in [0, 0.05) is 12.5 Å². The number of likely N-dealkylation sites (N-methyl/N-ethyl adjacent to an activating group) is 1. The van der Waals surface area contributed by atoms with E-state index < -0.39 is 17.8 Å². The lowest BCUT2D eigenvalue weighted by Crippen LogP contribution is -2.26. The highest BCUT2D eigenvalue weighted by Gasteiger charge is 2.35. The Morgan fingerprint density at radius 3 is 2.57 bits per heavy atom. The van der Waals surface area contributed by atoms with Crippen molar-refractivity contribution in [3.8, 4) is 0 Å². The third kappa shape index (κ3) is 3.78. The van der Waals surface area contributed by atoms with Crippen LogP contribution in [0.2, 0.25) is 0 Å². The summed E-state index contributed by atoms with van der Waals surface area (Å²) in [6, 6.07) is 5.03. The first-order valence-electron chi connectivity index (χ1n) is 6.54. The van der Waals surface area contributed by atoms with Crippen LogP contribution in [0.5, 0.6) is 0 Å². The Morgan fingerprint density at radius 2 is 2.00 bits per heavy atom. The molecule has 5 nitrogen and oxygen atoms in total. The van der Waals surface area contributed by atoms with Crippen molar-refractivity contribution in [2.45, 2.75) is 25.6 Å². The predicted octanol–water partition coefficient (Wildman–Crippen LogP) is 2.12. The lowest BCUT2D eigenvalue weighted by atomic mass is 9.97. The van der Waals surface area contributed by atoms with Crippen LogP contribution in [0, 0.1) is 0 Å². The lowest BCUT2D eigenvalue weighted by Gasteiger charge is -2.21. The number of nitrogens with zero attached hydrogens (tertiary/aromatic N) is 4. The van der Waals surface area contributed by atoms with Crippen molar-refractivity contribution in [1.82, 2.24) is 25.5 Å². The van der Waals surface area contributed by atoms with Crippen molar-refractivity contribution < 1.29 is 13.2 Å². The molecular formula is C13H16F3N5. The van der Waals surface area contributed by atoms with Gasteiger partial charge >= 0.3 is 6.18 Å². The number of hydrogen-bond acceptors (Lipinski definition) is 4. The lowest BCUT2D eigenvalue weighted by molar-refractivity contribution is -0.138. The molecule has 0 saturated carbocycles. The molecule has 0 saturated heterocycles. The minimum Gasteiger partial charge on any atom is -0.310 e. The molecule has 0 aliphatic carbocycles. The molecule has 2 aromatic rings. The van der Waals surface area contributed by atoms with E-state index in [1.165, 1.54) is 16.9 Å². The van der Waals surface area contributed by atoms with E-state index in [-0.39, 0.29) is 12.0 Å². The Bertz CT molecular complexity index is 593. The topological polar surface area (TPSA) is 55.6 Å². The van der Waals surface area contributed by atoms with E-state index in [1.54, 1.807) is 13.1 Å². The maximum atomic E-state index is 13.1. The molecule has 1 heterocycles. The molecule has 1 atom stereocenters. The largest absolute Gasteiger partial charge is 0.416 e. The maximum Gasteiger partial charge on any atom is 0.416 e. The highest BCUT2D eigenvalue weighted by Crippen LogP contribution is 2.35.